The number of nitrogens with one attached hydrogen (secondary N) is 1. The molecule has 0 aliphatic heterocycles. The molecular formula is C16H22FNO2. The molecule has 0 spiro atoms. The van der Waals surface area contributed by atoms with Gasteiger partial charge in [0.05, 0.1) is 7.11 Å². The second-order valence-electron chi connectivity index (χ2n) is 5.68. The first-order chi connectivity index (χ1) is 9.60. The number of anilines is 1. The Morgan fingerprint density at radius 1 is 1.35 bits per heavy atom. The van der Waals surface area contributed by atoms with E-state index in [4.69, 9.17) is 4.74 Å². The molecule has 110 valence electrons. The first-order valence-corrected chi connectivity index (χ1v) is 7.20. The van der Waals surface area contributed by atoms with Gasteiger partial charge >= 0.3 is 5.97 Å². The van der Waals surface area contributed by atoms with E-state index in [1.165, 1.54) is 19.2 Å². The average molecular weight is 279 g/mol. The SMILES string of the molecule is COC(=O)C(Nc1cccc(F)c1)C1CCC(C)CC1. The maximum Gasteiger partial charge on any atom is 0.328 e. The number of carbonyl (C=O) groups excluding carboxylic acids is 1. The third-order valence-electron chi connectivity index (χ3n) is 4.13. The van der Waals surface area contributed by atoms with Crippen molar-refractivity contribution in [3.63, 3.8) is 0 Å². The van der Waals surface area contributed by atoms with E-state index in [-0.39, 0.29) is 17.7 Å². The van der Waals surface area contributed by atoms with Crippen LogP contribution in [0.1, 0.15) is 32.6 Å². The number of halogens is 1. The van der Waals surface area contributed by atoms with Crippen LogP contribution >= 0.6 is 0 Å². The van der Waals surface area contributed by atoms with E-state index in [1.54, 1.807) is 12.1 Å². The fourth-order valence-electron chi connectivity index (χ4n) is 2.87. The molecule has 0 heterocycles. The van der Waals surface area contributed by atoms with Crippen molar-refractivity contribution in [2.75, 3.05) is 12.4 Å². The Hall–Kier alpha value is -1.58. The first-order valence-electron chi connectivity index (χ1n) is 7.20. The largest absolute Gasteiger partial charge is 0.467 e. The predicted molar refractivity (Wildman–Crippen MR) is 76.9 cm³/mol. The predicted octanol–water partition coefficient (Wildman–Crippen LogP) is 3.61. The van der Waals surface area contributed by atoms with Crippen LogP contribution in [0.2, 0.25) is 0 Å². The summed E-state index contributed by atoms with van der Waals surface area (Å²) in [5.74, 6) is 0.394. The highest BCUT2D eigenvalue weighted by molar-refractivity contribution is 5.79. The number of rotatable bonds is 4. The van der Waals surface area contributed by atoms with Crippen LogP contribution in [-0.2, 0) is 9.53 Å². The van der Waals surface area contributed by atoms with Gasteiger partial charge in [0.15, 0.2) is 0 Å². The summed E-state index contributed by atoms with van der Waals surface area (Å²) in [5, 5.41) is 3.14. The fourth-order valence-corrected chi connectivity index (χ4v) is 2.87. The van der Waals surface area contributed by atoms with Crippen LogP contribution in [0.25, 0.3) is 0 Å². The van der Waals surface area contributed by atoms with E-state index in [9.17, 15) is 9.18 Å². The highest BCUT2D eigenvalue weighted by Crippen LogP contribution is 2.32. The summed E-state index contributed by atoms with van der Waals surface area (Å²) < 4.78 is 18.1. The summed E-state index contributed by atoms with van der Waals surface area (Å²) >= 11 is 0. The third kappa shape index (κ3) is 3.71. The molecule has 0 amide bonds. The van der Waals surface area contributed by atoms with Gasteiger partial charge in [-0.25, -0.2) is 9.18 Å². The van der Waals surface area contributed by atoms with Gasteiger partial charge in [-0.15, -0.1) is 0 Å². The number of methoxy groups -OCH3 is 1. The third-order valence-corrected chi connectivity index (χ3v) is 4.13. The highest BCUT2D eigenvalue weighted by Gasteiger charge is 2.31. The van der Waals surface area contributed by atoms with Gasteiger partial charge in [0.2, 0.25) is 0 Å². The number of benzene rings is 1. The number of ether oxygens (including phenoxy) is 1. The van der Waals surface area contributed by atoms with Crippen LogP contribution in [0.4, 0.5) is 10.1 Å². The Bertz CT molecular complexity index is 456. The minimum Gasteiger partial charge on any atom is -0.467 e. The molecule has 1 aliphatic rings. The Kier molecular flexibility index (Phi) is 4.99. The maximum absolute atomic E-state index is 13.2. The zero-order valence-corrected chi connectivity index (χ0v) is 12.1. The molecule has 4 heteroatoms. The van der Waals surface area contributed by atoms with Gasteiger partial charge in [0.1, 0.15) is 11.9 Å². The van der Waals surface area contributed by atoms with Crippen molar-refractivity contribution < 1.29 is 13.9 Å². The van der Waals surface area contributed by atoms with Gasteiger partial charge < -0.3 is 10.1 Å². The number of carbonyl (C=O) groups is 1. The standard InChI is InChI=1S/C16H22FNO2/c1-11-6-8-12(9-7-11)15(16(19)20-2)18-14-5-3-4-13(17)10-14/h3-5,10-12,15,18H,6-9H2,1-2H3. The summed E-state index contributed by atoms with van der Waals surface area (Å²) in [6, 6.07) is 5.80. The minimum absolute atomic E-state index is 0.252. The van der Waals surface area contributed by atoms with Crippen molar-refractivity contribution in [2.45, 2.75) is 38.6 Å². The molecular weight excluding hydrogens is 257 g/mol. The van der Waals surface area contributed by atoms with E-state index >= 15 is 0 Å². The summed E-state index contributed by atoms with van der Waals surface area (Å²) in [7, 11) is 1.40. The summed E-state index contributed by atoms with van der Waals surface area (Å²) in [6.07, 6.45) is 4.26. The van der Waals surface area contributed by atoms with Crippen LogP contribution in [0, 0.1) is 17.7 Å². The number of hydrogen-bond acceptors (Lipinski definition) is 3. The molecule has 3 nitrogen and oxygen atoms in total. The lowest BCUT2D eigenvalue weighted by atomic mass is 9.79. The second-order valence-corrected chi connectivity index (χ2v) is 5.68. The van der Waals surface area contributed by atoms with Crippen LogP contribution in [0.15, 0.2) is 24.3 Å². The Morgan fingerprint density at radius 2 is 2.05 bits per heavy atom. The van der Waals surface area contributed by atoms with Crippen LogP contribution in [0.5, 0.6) is 0 Å². The van der Waals surface area contributed by atoms with Crippen molar-refractivity contribution in [2.24, 2.45) is 11.8 Å². The molecule has 1 fully saturated rings. The summed E-state index contributed by atoms with van der Waals surface area (Å²) in [5.41, 5.74) is 0.624. The molecule has 1 aromatic rings. The zero-order valence-electron chi connectivity index (χ0n) is 12.1. The van der Waals surface area contributed by atoms with Gasteiger partial charge in [0, 0.05) is 5.69 Å². The molecule has 1 atom stereocenters. The van der Waals surface area contributed by atoms with Crippen molar-refractivity contribution in [1.82, 2.24) is 0 Å². The summed E-state index contributed by atoms with van der Waals surface area (Å²) in [6.45, 7) is 2.24. The summed E-state index contributed by atoms with van der Waals surface area (Å²) in [4.78, 5) is 12.0. The molecule has 0 saturated heterocycles. The molecule has 0 bridgehead atoms. The maximum atomic E-state index is 13.2. The van der Waals surface area contributed by atoms with E-state index in [0.29, 0.717) is 5.69 Å². The van der Waals surface area contributed by atoms with Crippen molar-refractivity contribution in [1.29, 1.82) is 0 Å². The topological polar surface area (TPSA) is 38.3 Å². The first kappa shape index (κ1) is 14.8. The van der Waals surface area contributed by atoms with Gasteiger partial charge in [0.25, 0.3) is 0 Å². The van der Waals surface area contributed by atoms with E-state index in [0.717, 1.165) is 31.6 Å². The van der Waals surface area contributed by atoms with E-state index in [2.05, 4.69) is 12.2 Å². The molecule has 20 heavy (non-hydrogen) atoms. The normalized spacial score (nSPS) is 23.9. The molecule has 1 N–H and O–H groups in total. The van der Waals surface area contributed by atoms with Gasteiger partial charge in [-0.3, -0.25) is 0 Å². The number of hydrogen-bond donors (Lipinski definition) is 1. The van der Waals surface area contributed by atoms with Crippen molar-refractivity contribution in [3.8, 4) is 0 Å². The van der Waals surface area contributed by atoms with Crippen molar-refractivity contribution >= 4 is 11.7 Å². The zero-order chi connectivity index (χ0) is 14.5. The highest BCUT2D eigenvalue weighted by atomic mass is 19.1. The quantitative estimate of drug-likeness (QED) is 0.856. The molecule has 2 rings (SSSR count). The smallest absolute Gasteiger partial charge is 0.328 e. The Labute approximate surface area is 119 Å². The minimum atomic E-state index is -0.394. The lowest BCUT2D eigenvalue weighted by Crippen LogP contribution is -2.39. The number of esters is 1. The lowest BCUT2D eigenvalue weighted by Gasteiger charge is -2.32. The lowest BCUT2D eigenvalue weighted by molar-refractivity contribution is -0.143. The molecule has 1 unspecified atom stereocenters. The van der Waals surface area contributed by atoms with Gasteiger partial charge in [-0.1, -0.05) is 25.8 Å². The fraction of sp³-hybridized carbons (Fsp3) is 0.562. The van der Waals surface area contributed by atoms with Crippen molar-refractivity contribution in [3.05, 3.63) is 30.1 Å². The molecule has 1 aliphatic carbocycles. The molecule has 0 radical (unpaired) electrons. The average Bonchev–Trinajstić information content (AvgIpc) is 2.45. The van der Waals surface area contributed by atoms with Crippen LogP contribution in [0.3, 0.4) is 0 Å². The van der Waals surface area contributed by atoms with E-state index < -0.39 is 6.04 Å². The van der Waals surface area contributed by atoms with Gasteiger partial charge in [-0.05, 0) is 42.9 Å². The Morgan fingerprint density at radius 3 is 2.65 bits per heavy atom. The van der Waals surface area contributed by atoms with Crippen LogP contribution < -0.4 is 5.32 Å². The molecule has 0 aromatic heterocycles. The molecule has 1 saturated carbocycles. The second kappa shape index (κ2) is 6.73. The van der Waals surface area contributed by atoms with E-state index in [1.807, 2.05) is 0 Å². The van der Waals surface area contributed by atoms with Crippen LogP contribution in [-0.4, -0.2) is 19.1 Å². The Balaban J connectivity index is 2.09. The van der Waals surface area contributed by atoms with Gasteiger partial charge in [-0.2, -0.15) is 0 Å². The monoisotopic (exact) mass is 279 g/mol. The molecule has 1 aromatic carbocycles.